The van der Waals surface area contributed by atoms with Crippen LogP contribution in [0.1, 0.15) is 31.4 Å². The first-order valence-corrected chi connectivity index (χ1v) is 7.04. The van der Waals surface area contributed by atoms with Crippen molar-refractivity contribution < 1.29 is 19.4 Å². The highest BCUT2D eigenvalue weighted by Gasteiger charge is 2.15. The Morgan fingerprint density at radius 2 is 2.05 bits per heavy atom. The monoisotopic (exact) mass is 296 g/mol. The molecule has 0 aliphatic rings. The molecule has 0 spiro atoms. The molecule has 1 rings (SSSR count). The Bertz CT molecular complexity index is 451. The second-order valence-corrected chi connectivity index (χ2v) is 4.61. The molecule has 3 N–H and O–H groups in total. The lowest BCUT2D eigenvalue weighted by molar-refractivity contribution is 0.169. The molecule has 0 fully saturated rings. The predicted octanol–water partition coefficient (Wildman–Crippen LogP) is 1.84. The zero-order valence-electron chi connectivity index (χ0n) is 12.8. The molecule has 0 saturated carbocycles. The van der Waals surface area contributed by atoms with Crippen molar-refractivity contribution in [3.63, 3.8) is 0 Å². The number of unbranched alkanes of at least 4 members (excludes halogenated alkanes) is 1. The molecule has 1 atom stereocenters. The molecule has 0 bridgehead atoms. The van der Waals surface area contributed by atoms with Gasteiger partial charge in [-0.2, -0.15) is 0 Å². The first kappa shape index (κ1) is 17.1. The Hall–Kier alpha value is -1.95. The molecule has 0 aliphatic heterocycles. The fourth-order valence-corrected chi connectivity index (χ4v) is 1.84. The third-order valence-corrected chi connectivity index (χ3v) is 3.07. The van der Waals surface area contributed by atoms with Gasteiger partial charge in [0, 0.05) is 18.7 Å². The molecule has 118 valence electrons. The summed E-state index contributed by atoms with van der Waals surface area (Å²) in [6, 6.07) is 4.88. The number of carbonyl (C=O) groups excluding carboxylic acids is 1. The van der Waals surface area contributed by atoms with Crippen molar-refractivity contribution in [3.05, 3.63) is 23.8 Å². The first-order valence-electron chi connectivity index (χ1n) is 7.04. The second kappa shape index (κ2) is 9.07. The van der Waals surface area contributed by atoms with Gasteiger partial charge in [0.2, 0.25) is 0 Å². The molecule has 1 aromatic carbocycles. The van der Waals surface area contributed by atoms with E-state index in [1.165, 1.54) is 7.11 Å². The van der Waals surface area contributed by atoms with Gasteiger partial charge in [-0.25, -0.2) is 4.79 Å². The van der Waals surface area contributed by atoms with Crippen molar-refractivity contribution in [2.75, 3.05) is 27.3 Å². The fraction of sp³-hybridized carbons (Fsp3) is 0.533. The van der Waals surface area contributed by atoms with Crippen LogP contribution in [0.25, 0.3) is 0 Å². The summed E-state index contributed by atoms with van der Waals surface area (Å²) in [7, 11) is 3.08. The Morgan fingerprint density at radius 3 is 2.67 bits per heavy atom. The molecule has 6 heteroatoms. The lowest BCUT2D eigenvalue weighted by atomic mass is 10.1. The summed E-state index contributed by atoms with van der Waals surface area (Å²) in [6.45, 7) is 2.78. The number of nitrogens with one attached hydrogen (secondary N) is 2. The van der Waals surface area contributed by atoms with E-state index < -0.39 is 6.10 Å². The zero-order chi connectivity index (χ0) is 15.7. The number of hydrogen-bond donors (Lipinski definition) is 3. The Labute approximate surface area is 125 Å². The summed E-state index contributed by atoms with van der Waals surface area (Å²) in [4.78, 5) is 11.5. The molecule has 0 unspecified atom stereocenters. The second-order valence-electron chi connectivity index (χ2n) is 4.61. The molecule has 6 nitrogen and oxygen atoms in total. The highest BCUT2D eigenvalue weighted by atomic mass is 16.5. The summed E-state index contributed by atoms with van der Waals surface area (Å²) in [5.41, 5.74) is 0.575. The maximum absolute atomic E-state index is 11.5. The third kappa shape index (κ3) is 5.51. The average Bonchev–Trinajstić information content (AvgIpc) is 2.52. The number of hydrogen-bond acceptors (Lipinski definition) is 4. The normalized spacial score (nSPS) is 11.6. The van der Waals surface area contributed by atoms with Crippen LogP contribution in [0.5, 0.6) is 11.5 Å². The summed E-state index contributed by atoms with van der Waals surface area (Å²) >= 11 is 0. The molecular weight excluding hydrogens is 272 g/mol. The van der Waals surface area contributed by atoms with Crippen LogP contribution < -0.4 is 20.1 Å². The molecule has 0 radical (unpaired) electrons. The first-order chi connectivity index (χ1) is 10.1. The van der Waals surface area contributed by atoms with Crippen LogP contribution in [0, 0.1) is 0 Å². The van der Waals surface area contributed by atoms with Gasteiger partial charge < -0.3 is 25.2 Å². The molecule has 0 heterocycles. The van der Waals surface area contributed by atoms with E-state index in [1.807, 2.05) is 0 Å². The SMILES string of the molecule is CCCCNC(=O)NC[C@H](O)c1cc(OC)ccc1OC. The van der Waals surface area contributed by atoms with E-state index in [1.54, 1.807) is 25.3 Å². The van der Waals surface area contributed by atoms with Crippen LogP contribution in [0.4, 0.5) is 4.79 Å². The van der Waals surface area contributed by atoms with E-state index in [9.17, 15) is 9.90 Å². The molecule has 1 aromatic rings. The van der Waals surface area contributed by atoms with Gasteiger partial charge in [-0.1, -0.05) is 13.3 Å². The van der Waals surface area contributed by atoms with Gasteiger partial charge in [0.1, 0.15) is 17.6 Å². The molecule has 0 saturated heterocycles. The summed E-state index contributed by atoms with van der Waals surface area (Å²) < 4.78 is 10.3. The number of aliphatic hydroxyl groups is 1. The molecule has 0 aromatic heterocycles. The minimum atomic E-state index is -0.869. The number of urea groups is 1. The standard InChI is InChI=1S/C15H24N2O4/c1-4-5-8-16-15(19)17-10-13(18)12-9-11(20-2)6-7-14(12)21-3/h6-7,9,13,18H,4-5,8,10H2,1-3H3,(H2,16,17,19)/t13-/m0/s1. The Morgan fingerprint density at radius 1 is 1.29 bits per heavy atom. The average molecular weight is 296 g/mol. The number of benzene rings is 1. The van der Waals surface area contributed by atoms with Gasteiger partial charge in [0.15, 0.2) is 0 Å². The lowest BCUT2D eigenvalue weighted by Gasteiger charge is -2.16. The lowest BCUT2D eigenvalue weighted by Crippen LogP contribution is -2.38. The van der Waals surface area contributed by atoms with Crippen LogP contribution >= 0.6 is 0 Å². The maximum atomic E-state index is 11.5. The minimum absolute atomic E-state index is 0.0987. The smallest absolute Gasteiger partial charge is 0.314 e. The van der Waals surface area contributed by atoms with Crippen LogP contribution in [-0.4, -0.2) is 38.4 Å². The summed E-state index contributed by atoms with van der Waals surface area (Å²) in [5, 5.41) is 15.6. The van der Waals surface area contributed by atoms with Crippen LogP contribution in [0.3, 0.4) is 0 Å². The number of amides is 2. The van der Waals surface area contributed by atoms with E-state index in [-0.39, 0.29) is 12.6 Å². The number of carbonyl (C=O) groups is 1. The fourth-order valence-electron chi connectivity index (χ4n) is 1.84. The molecule has 2 amide bonds. The molecule has 0 aliphatic carbocycles. The highest BCUT2D eigenvalue weighted by Crippen LogP contribution is 2.28. The number of rotatable bonds is 8. The van der Waals surface area contributed by atoms with E-state index in [0.717, 1.165) is 12.8 Å². The highest BCUT2D eigenvalue weighted by molar-refractivity contribution is 5.73. The van der Waals surface area contributed by atoms with Gasteiger partial charge in [0.05, 0.1) is 14.2 Å². The van der Waals surface area contributed by atoms with Crippen molar-refractivity contribution in [2.24, 2.45) is 0 Å². The quantitative estimate of drug-likeness (QED) is 0.639. The van der Waals surface area contributed by atoms with E-state index >= 15 is 0 Å². The topological polar surface area (TPSA) is 79.8 Å². The number of aliphatic hydroxyl groups excluding tert-OH is 1. The molecular formula is C15H24N2O4. The third-order valence-electron chi connectivity index (χ3n) is 3.07. The van der Waals surface area contributed by atoms with Gasteiger partial charge in [-0.15, -0.1) is 0 Å². The maximum Gasteiger partial charge on any atom is 0.314 e. The zero-order valence-corrected chi connectivity index (χ0v) is 12.8. The van der Waals surface area contributed by atoms with E-state index in [2.05, 4.69) is 17.6 Å². The van der Waals surface area contributed by atoms with E-state index in [4.69, 9.17) is 9.47 Å². The van der Waals surface area contributed by atoms with Crippen LogP contribution in [0.2, 0.25) is 0 Å². The largest absolute Gasteiger partial charge is 0.497 e. The minimum Gasteiger partial charge on any atom is -0.497 e. The summed E-state index contributed by atoms with van der Waals surface area (Å²) in [5.74, 6) is 1.17. The number of methoxy groups -OCH3 is 2. The van der Waals surface area contributed by atoms with Crippen molar-refractivity contribution in [1.29, 1.82) is 0 Å². The van der Waals surface area contributed by atoms with Crippen molar-refractivity contribution in [3.8, 4) is 11.5 Å². The van der Waals surface area contributed by atoms with Gasteiger partial charge >= 0.3 is 6.03 Å². The Balaban J connectivity index is 2.58. The number of ether oxygens (including phenoxy) is 2. The van der Waals surface area contributed by atoms with Gasteiger partial charge in [-0.3, -0.25) is 0 Å². The predicted molar refractivity (Wildman–Crippen MR) is 80.8 cm³/mol. The van der Waals surface area contributed by atoms with Gasteiger partial charge in [-0.05, 0) is 24.6 Å². The van der Waals surface area contributed by atoms with Crippen LogP contribution in [0.15, 0.2) is 18.2 Å². The summed E-state index contributed by atoms with van der Waals surface area (Å²) in [6.07, 6.45) is 1.08. The van der Waals surface area contributed by atoms with Crippen molar-refractivity contribution >= 4 is 6.03 Å². The van der Waals surface area contributed by atoms with Crippen molar-refractivity contribution in [2.45, 2.75) is 25.9 Å². The Kier molecular flexibility index (Phi) is 7.39. The van der Waals surface area contributed by atoms with E-state index in [0.29, 0.717) is 23.6 Å². The van der Waals surface area contributed by atoms with Gasteiger partial charge in [0.25, 0.3) is 0 Å². The van der Waals surface area contributed by atoms with Crippen LogP contribution in [-0.2, 0) is 0 Å². The van der Waals surface area contributed by atoms with Crippen molar-refractivity contribution in [1.82, 2.24) is 10.6 Å². The molecule has 21 heavy (non-hydrogen) atoms.